The van der Waals surface area contributed by atoms with Crippen LogP contribution >= 0.6 is 0 Å². The maximum absolute atomic E-state index is 13.1. The Kier molecular flexibility index (Phi) is 5.36. The van der Waals surface area contributed by atoms with E-state index in [4.69, 9.17) is 4.74 Å². The summed E-state index contributed by atoms with van der Waals surface area (Å²) in [6.45, 7) is 0. The second-order valence-electron chi connectivity index (χ2n) is 4.84. The standard InChI is InChI=1S/C17H13F2NO4/c1-24-12-4-2-3-10(7-12)15(21)9-16(22)17(23)20-11-5-6-13(18)14(19)8-11/h2-8H,9H2,1H3,(H,20,23). The van der Waals surface area contributed by atoms with E-state index in [9.17, 15) is 23.2 Å². The third kappa shape index (κ3) is 4.22. The van der Waals surface area contributed by atoms with Gasteiger partial charge in [0.15, 0.2) is 17.4 Å². The number of ether oxygens (including phenoxy) is 1. The Balaban J connectivity index is 2.01. The molecule has 7 heteroatoms. The van der Waals surface area contributed by atoms with Crippen molar-refractivity contribution >= 4 is 23.2 Å². The van der Waals surface area contributed by atoms with Gasteiger partial charge in [0.25, 0.3) is 5.91 Å². The smallest absolute Gasteiger partial charge is 0.292 e. The van der Waals surface area contributed by atoms with Gasteiger partial charge in [-0.3, -0.25) is 14.4 Å². The van der Waals surface area contributed by atoms with Crippen LogP contribution in [0.15, 0.2) is 42.5 Å². The number of amides is 1. The molecule has 0 bridgehead atoms. The number of anilines is 1. The summed E-state index contributed by atoms with van der Waals surface area (Å²) in [6.07, 6.45) is -0.650. The molecule has 1 N–H and O–H groups in total. The normalized spacial score (nSPS) is 10.1. The van der Waals surface area contributed by atoms with Crippen molar-refractivity contribution in [1.82, 2.24) is 0 Å². The Morgan fingerprint density at radius 1 is 1.04 bits per heavy atom. The van der Waals surface area contributed by atoms with Crippen molar-refractivity contribution in [2.75, 3.05) is 12.4 Å². The number of ketones is 2. The minimum atomic E-state index is -1.16. The quantitative estimate of drug-likeness (QED) is 0.501. The maximum Gasteiger partial charge on any atom is 0.292 e. The fraction of sp³-hybridized carbons (Fsp3) is 0.118. The fourth-order valence-electron chi connectivity index (χ4n) is 1.90. The second-order valence-corrected chi connectivity index (χ2v) is 4.84. The van der Waals surface area contributed by atoms with Gasteiger partial charge in [-0.05, 0) is 24.3 Å². The molecule has 24 heavy (non-hydrogen) atoms. The third-order valence-electron chi connectivity index (χ3n) is 3.14. The van der Waals surface area contributed by atoms with Gasteiger partial charge in [-0.25, -0.2) is 8.78 Å². The van der Waals surface area contributed by atoms with Crippen molar-refractivity contribution in [2.24, 2.45) is 0 Å². The first kappa shape index (κ1) is 17.3. The van der Waals surface area contributed by atoms with Gasteiger partial charge < -0.3 is 10.1 Å². The fourth-order valence-corrected chi connectivity index (χ4v) is 1.90. The molecule has 0 unspecified atom stereocenters. The van der Waals surface area contributed by atoms with Crippen molar-refractivity contribution in [3.63, 3.8) is 0 Å². The van der Waals surface area contributed by atoms with Gasteiger partial charge in [-0.15, -0.1) is 0 Å². The molecule has 0 radical (unpaired) electrons. The zero-order chi connectivity index (χ0) is 17.7. The molecule has 0 aliphatic heterocycles. The SMILES string of the molecule is COc1cccc(C(=O)CC(=O)C(=O)Nc2ccc(F)c(F)c2)c1. The maximum atomic E-state index is 13.1. The highest BCUT2D eigenvalue weighted by molar-refractivity contribution is 6.44. The Bertz CT molecular complexity index is 805. The molecule has 0 spiro atoms. The molecule has 2 aromatic rings. The van der Waals surface area contributed by atoms with Gasteiger partial charge in [0.2, 0.25) is 5.78 Å². The predicted molar refractivity (Wildman–Crippen MR) is 81.9 cm³/mol. The predicted octanol–water partition coefficient (Wildman–Crippen LogP) is 2.75. The number of halogens is 2. The lowest BCUT2D eigenvalue weighted by Crippen LogP contribution is -2.25. The lowest BCUT2D eigenvalue weighted by Gasteiger charge is -2.06. The minimum absolute atomic E-state index is 0.0823. The molecule has 2 aromatic carbocycles. The van der Waals surface area contributed by atoms with Crippen molar-refractivity contribution in [3.05, 3.63) is 59.7 Å². The summed E-state index contributed by atoms with van der Waals surface area (Å²) in [5, 5.41) is 2.12. The van der Waals surface area contributed by atoms with Crippen LogP contribution in [-0.4, -0.2) is 24.6 Å². The number of benzene rings is 2. The molecular weight excluding hydrogens is 320 g/mol. The summed E-state index contributed by atoms with van der Waals surface area (Å²) >= 11 is 0. The molecule has 1 amide bonds. The highest BCUT2D eigenvalue weighted by Gasteiger charge is 2.19. The van der Waals surface area contributed by atoms with Crippen LogP contribution in [-0.2, 0) is 9.59 Å². The first-order valence-electron chi connectivity index (χ1n) is 6.87. The van der Waals surface area contributed by atoms with Crippen LogP contribution in [0.3, 0.4) is 0 Å². The number of carbonyl (C=O) groups excluding carboxylic acids is 3. The number of methoxy groups -OCH3 is 1. The van der Waals surface area contributed by atoms with Crippen LogP contribution in [0.4, 0.5) is 14.5 Å². The number of rotatable bonds is 6. The van der Waals surface area contributed by atoms with E-state index in [-0.39, 0.29) is 11.3 Å². The average Bonchev–Trinajstić information content (AvgIpc) is 2.58. The van der Waals surface area contributed by atoms with Crippen LogP contribution < -0.4 is 10.1 Å². The van der Waals surface area contributed by atoms with Crippen molar-refractivity contribution < 1.29 is 27.9 Å². The summed E-state index contributed by atoms with van der Waals surface area (Å²) in [7, 11) is 1.43. The molecule has 0 saturated carbocycles. The summed E-state index contributed by atoms with van der Waals surface area (Å²) in [4.78, 5) is 35.6. The zero-order valence-electron chi connectivity index (χ0n) is 12.6. The molecule has 124 valence electrons. The molecule has 5 nitrogen and oxygen atoms in total. The second kappa shape index (κ2) is 7.45. The third-order valence-corrected chi connectivity index (χ3v) is 3.14. The lowest BCUT2D eigenvalue weighted by atomic mass is 10.1. The number of Topliss-reactive ketones (excluding diaryl/α,β-unsaturated/α-hetero) is 2. The highest BCUT2D eigenvalue weighted by atomic mass is 19.2. The number of carbonyl (C=O) groups is 3. The molecule has 0 aromatic heterocycles. The van der Waals surface area contributed by atoms with E-state index in [1.54, 1.807) is 12.1 Å². The Morgan fingerprint density at radius 3 is 2.46 bits per heavy atom. The highest BCUT2D eigenvalue weighted by Crippen LogP contribution is 2.15. The van der Waals surface area contributed by atoms with Gasteiger partial charge >= 0.3 is 0 Å². The zero-order valence-corrected chi connectivity index (χ0v) is 12.6. The van der Waals surface area contributed by atoms with E-state index in [1.807, 2.05) is 0 Å². The number of hydrogen-bond donors (Lipinski definition) is 1. The van der Waals surface area contributed by atoms with E-state index in [2.05, 4.69) is 5.32 Å². The molecule has 2 rings (SSSR count). The number of hydrogen-bond acceptors (Lipinski definition) is 4. The van der Waals surface area contributed by atoms with E-state index < -0.39 is 35.5 Å². The molecule has 0 aliphatic carbocycles. The van der Waals surface area contributed by atoms with Crippen molar-refractivity contribution in [2.45, 2.75) is 6.42 Å². The Labute approximate surface area is 136 Å². The van der Waals surface area contributed by atoms with Crippen molar-refractivity contribution in [3.8, 4) is 5.75 Å². The van der Waals surface area contributed by atoms with Gasteiger partial charge in [0.1, 0.15) is 5.75 Å². The van der Waals surface area contributed by atoms with Gasteiger partial charge in [-0.2, -0.15) is 0 Å². The lowest BCUT2D eigenvalue weighted by molar-refractivity contribution is -0.134. The van der Waals surface area contributed by atoms with Crippen LogP contribution in [0.2, 0.25) is 0 Å². The molecular formula is C17H13F2NO4. The van der Waals surface area contributed by atoms with Crippen LogP contribution in [0.1, 0.15) is 16.8 Å². The summed E-state index contributed by atoms with van der Waals surface area (Å²) in [6, 6.07) is 8.81. The summed E-state index contributed by atoms with van der Waals surface area (Å²) < 4.78 is 30.8. The molecule has 0 heterocycles. The summed E-state index contributed by atoms with van der Waals surface area (Å²) in [5.74, 6) is -4.43. The largest absolute Gasteiger partial charge is 0.497 e. The van der Waals surface area contributed by atoms with Gasteiger partial charge in [-0.1, -0.05) is 12.1 Å². The Morgan fingerprint density at radius 2 is 1.79 bits per heavy atom. The van der Waals surface area contributed by atoms with Gasteiger partial charge in [0.05, 0.1) is 13.5 Å². The average molecular weight is 333 g/mol. The van der Waals surface area contributed by atoms with E-state index in [0.29, 0.717) is 5.75 Å². The molecule has 0 aliphatic rings. The van der Waals surface area contributed by atoms with Gasteiger partial charge in [0, 0.05) is 17.3 Å². The van der Waals surface area contributed by atoms with Crippen LogP contribution in [0.5, 0.6) is 5.75 Å². The van der Waals surface area contributed by atoms with Crippen LogP contribution in [0, 0.1) is 11.6 Å². The molecule has 0 fully saturated rings. The van der Waals surface area contributed by atoms with E-state index in [0.717, 1.165) is 18.2 Å². The monoisotopic (exact) mass is 333 g/mol. The molecule has 0 atom stereocenters. The number of nitrogens with one attached hydrogen (secondary N) is 1. The van der Waals surface area contributed by atoms with E-state index in [1.165, 1.54) is 19.2 Å². The topological polar surface area (TPSA) is 72.5 Å². The van der Waals surface area contributed by atoms with Crippen LogP contribution in [0.25, 0.3) is 0 Å². The first-order chi connectivity index (χ1) is 11.4. The van der Waals surface area contributed by atoms with Crippen molar-refractivity contribution in [1.29, 1.82) is 0 Å². The molecule has 0 saturated heterocycles. The first-order valence-corrected chi connectivity index (χ1v) is 6.87. The summed E-state index contributed by atoms with van der Waals surface area (Å²) in [5.41, 5.74) is 0.143. The van der Waals surface area contributed by atoms with E-state index >= 15 is 0 Å². The minimum Gasteiger partial charge on any atom is -0.497 e. The Hall–Kier alpha value is -3.09.